The molecular formula is C17H15ClN2O. The van der Waals surface area contributed by atoms with Gasteiger partial charge in [-0.25, -0.2) is 4.98 Å². The maximum atomic E-state index is 6.16. The van der Waals surface area contributed by atoms with Crippen LogP contribution in [0.1, 0.15) is 11.3 Å². The number of fused-ring (bicyclic) bond motifs is 1. The van der Waals surface area contributed by atoms with Gasteiger partial charge in [-0.2, -0.15) is 0 Å². The van der Waals surface area contributed by atoms with Crippen LogP contribution in [0.15, 0.2) is 48.5 Å². The lowest BCUT2D eigenvalue weighted by Crippen LogP contribution is -2.00. The van der Waals surface area contributed by atoms with Gasteiger partial charge in [0.25, 0.3) is 0 Å². The van der Waals surface area contributed by atoms with E-state index in [1.165, 1.54) is 0 Å². The Morgan fingerprint density at radius 2 is 1.81 bits per heavy atom. The van der Waals surface area contributed by atoms with Gasteiger partial charge in [-0.1, -0.05) is 35.9 Å². The number of nitrogens with two attached hydrogens (primary N) is 1. The van der Waals surface area contributed by atoms with Gasteiger partial charge in [-0.3, -0.25) is 0 Å². The smallest absolute Gasteiger partial charge is 0.153 e. The Balaban J connectivity index is 2.10. The van der Waals surface area contributed by atoms with Crippen LogP contribution in [0.5, 0.6) is 11.5 Å². The van der Waals surface area contributed by atoms with Crippen LogP contribution in [0.4, 0.5) is 0 Å². The summed E-state index contributed by atoms with van der Waals surface area (Å²) in [5, 5.41) is 1.65. The number of halogens is 1. The third-order valence-electron chi connectivity index (χ3n) is 3.32. The second kappa shape index (κ2) is 5.72. The van der Waals surface area contributed by atoms with Gasteiger partial charge in [-0.15, -0.1) is 0 Å². The minimum absolute atomic E-state index is 0.326. The average Bonchev–Trinajstić information content (AvgIpc) is 2.48. The summed E-state index contributed by atoms with van der Waals surface area (Å²) in [5.41, 5.74) is 8.34. The summed E-state index contributed by atoms with van der Waals surface area (Å²) < 4.78 is 6.02. The molecule has 106 valence electrons. The van der Waals surface area contributed by atoms with Crippen molar-refractivity contribution in [3.05, 3.63) is 64.8 Å². The van der Waals surface area contributed by atoms with E-state index in [4.69, 9.17) is 22.1 Å². The fraction of sp³-hybridized carbons (Fsp3) is 0.118. The summed E-state index contributed by atoms with van der Waals surface area (Å²) in [7, 11) is 0. The topological polar surface area (TPSA) is 48.1 Å². The normalized spacial score (nSPS) is 10.8. The van der Waals surface area contributed by atoms with Crippen LogP contribution in [0.2, 0.25) is 5.02 Å². The summed E-state index contributed by atoms with van der Waals surface area (Å²) in [5.74, 6) is 1.37. The fourth-order valence-electron chi connectivity index (χ4n) is 2.25. The van der Waals surface area contributed by atoms with Crippen LogP contribution in [0, 0.1) is 6.92 Å². The number of hydrogen-bond acceptors (Lipinski definition) is 3. The number of aromatic nitrogens is 1. The molecule has 0 aliphatic carbocycles. The number of ether oxygens (including phenoxy) is 1. The molecule has 0 saturated carbocycles. The predicted molar refractivity (Wildman–Crippen MR) is 85.9 cm³/mol. The van der Waals surface area contributed by atoms with Crippen molar-refractivity contribution < 1.29 is 4.74 Å². The molecule has 0 aliphatic heterocycles. The van der Waals surface area contributed by atoms with Crippen molar-refractivity contribution in [1.29, 1.82) is 0 Å². The zero-order valence-corrected chi connectivity index (χ0v) is 12.4. The number of nitrogens with zero attached hydrogens (tertiary/aromatic N) is 1. The first kappa shape index (κ1) is 13.9. The Hall–Kier alpha value is -2.10. The van der Waals surface area contributed by atoms with E-state index in [1.807, 2.05) is 55.5 Å². The molecule has 2 aromatic carbocycles. The summed E-state index contributed by atoms with van der Waals surface area (Å²) in [4.78, 5) is 4.56. The third kappa shape index (κ3) is 2.71. The number of benzene rings is 2. The highest BCUT2D eigenvalue weighted by Crippen LogP contribution is 2.33. The standard InChI is InChI=1S/C17H15ClN2O/c1-11-8-9-12-4-2-7-16(17(12)20-11)21-15-6-3-5-14(18)13(15)10-19/h2-9H,10,19H2,1H3. The van der Waals surface area contributed by atoms with Gasteiger partial charge >= 0.3 is 0 Å². The van der Waals surface area contributed by atoms with Crippen molar-refractivity contribution in [3.63, 3.8) is 0 Å². The van der Waals surface area contributed by atoms with Gasteiger partial charge in [0.05, 0.1) is 0 Å². The summed E-state index contributed by atoms with van der Waals surface area (Å²) in [6.07, 6.45) is 0. The van der Waals surface area contributed by atoms with Gasteiger partial charge in [-0.05, 0) is 31.2 Å². The number of rotatable bonds is 3. The molecule has 0 radical (unpaired) electrons. The third-order valence-corrected chi connectivity index (χ3v) is 3.68. The molecule has 0 amide bonds. The second-order valence-electron chi connectivity index (χ2n) is 4.80. The number of hydrogen-bond donors (Lipinski definition) is 1. The molecule has 0 spiro atoms. The maximum Gasteiger partial charge on any atom is 0.153 e. The number of aryl methyl sites for hydroxylation is 1. The van der Waals surface area contributed by atoms with E-state index < -0.39 is 0 Å². The molecule has 21 heavy (non-hydrogen) atoms. The summed E-state index contributed by atoms with van der Waals surface area (Å²) >= 11 is 6.16. The Labute approximate surface area is 128 Å². The largest absolute Gasteiger partial charge is 0.455 e. The van der Waals surface area contributed by atoms with Crippen LogP contribution in [-0.2, 0) is 6.54 Å². The van der Waals surface area contributed by atoms with Gasteiger partial charge in [0, 0.05) is 28.2 Å². The van der Waals surface area contributed by atoms with Crippen molar-refractivity contribution in [2.24, 2.45) is 5.73 Å². The SMILES string of the molecule is Cc1ccc2cccc(Oc3cccc(Cl)c3CN)c2n1. The molecule has 0 unspecified atom stereocenters. The van der Waals surface area contributed by atoms with E-state index in [-0.39, 0.29) is 0 Å². The Kier molecular flexibility index (Phi) is 3.78. The minimum atomic E-state index is 0.326. The monoisotopic (exact) mass is 298 g/mol. The first-order valence-electron chi connectivity index (χ1n) is 6.70. The lowest BCUT2D eigenvalue weighted by atomic mass is 10.1. The highest BCUT2D eigenvalue weighted by Gasteiger charge is 2.10. The molecule has 2 N–H and O–H groups in total. The summed E-state index contributed by atoms with van der Waals surface area (Å²) in [6.45, 7) is 2.28. The van der Waals surface area contributed by atoms with Crippen LogP contribution < -0.4 is 10.5 Å². The van der Waals surface area contributed by atoms with E-state index in [1.54, 1.807) is 0 Å². The molecule has 0 atom stereocenters. The van der Waals surface area contributed by atoms with Crippen molar-refractivity contribution in [3.8, 4) is 11.5 Å². The number of pyridine rings is 1. The molecule has 0 bridgehead atoms. The van der Waals surface area contributed by atoms with Crippen LogP contribution >= 0.6 is 11.6 Å². The van der Waals surface area contributed by atoms with E-state index in [2.05, 4.69) is 4.98 Å². The lowest BCUT2D eigenvalue weighted by Gasteiger charge is -2.13. The first-order chi connectivity index (χ1) is 10.2. The second-order valence-corrected chi connectivity index (χ2v) is 5.21. The molecule has 1 aromatic heterocycles. The molecule has 3 aromatic rings. The van der Waals surface area contributed by atoms with Crippen molar-refractivity contribution in [2.45, 2.75) is 13.5 Å². The molecule has 1 heterocycles. The van der Waals surface area contributed by atoms with Crippen molar-refractivity contribution in [1.82, 2.24) is 4.98 Å². The highest BCUT2D eigenvalue weighted by atomic mass is 35.5. The quantitative estimate of drug-likeness (QED) is 0.777. The summed E-state index contributed by atoms with van der Waals surface area (Å²) in [6, 6.07) is 15.4. The van der Waals surface area contributed by atoms with Crippen molar-refractivity contribution >= 4 is 22.5 Å². The van der Waals surface area contributed by atoms with Crippen LogP contribution in [-0.4, -0.2) is 4.98 Å². The van der Waals surface area contributed by atoms with E-state index in [9.17, 15) is 0 Å². The highest BCUT2D eigenvalue weighted by molar-refractivity contribution is 6.31. The zero-order chi connectivity index (χ0) is 14.8. The maximum absolute atomic E-state index is 6.16. The van der Waals surface area contributed by atoms with Gasteiger partial charge in [0.2, 0.25) is 0 Å². The molecule has 0 fully saturated rings. The Morgan fingerprint density at radius 1 is 1.05 bits per heavy atom. The van der Waals surface area contributed by atoms with E-state index in [0.717, 1.165) is 22.2 Å². The van der Waals surface area contributed by atoms with E-state index in [0.29, 0.717) is 23.1 Å². The van der Waals surface area contributed by atoms with Gasteiger partial charge in [0.1, 0.15) is 11.3 Å². The first-order valence-corrected chi connectivity index (χ1v) is 7.08. The molecule has 0 aliphatic rings. The fourth-order valence-corrected chi connectivity index (χ4v) is 2.49. The van der Waals surface area contributed by atoms with Gasteiger partial charge in [0.15, 0.2) is 5.75 Å². The van der Waals surface area contributed by atoms with Crippen molar-refractivity contribution in [2.75, 3.05) is 0 Å². The average molecular weight is 299 g/mol. The Bertz CT molecular complexity index is 802. The lowest BCUT2D eigenvalue weighted by molar-refractivity contribution is 0.481. The van der Waals surface area contributed by atoms with Gasteiger partial charge < -0.3 is 10.5 Å². The Morgan fingerprint density at radius 3 is 2.62 bits per heavy atom. The predicted octanol–water partition coefficient (Wildman–Crippen LogP) is 4.45. The van der Waals surface area contributed by atoms with Crippen LogP contribution in [0.25, 0.3) is 10.9 Å². The van der Waals surface area contributed by atoms with E-state index >= 15 is 0 Å². The minimum Gasteiger partial charge on any atom is -0.455 e. The molecule has 3 nitrogen and oxygen atoms in total. The number of para-hydroxylation sites is 1. The molecular weight excluding hydrogens is 284 g/mol. The zero-order valence-electron chi connectivity index (χ0n) is 11.6. The molecule has 3 rings (SSSR count). The molecule has 0 saturated heterocycles. The van der Waals surface area contributed by atoms with Crippen LogP contribution in [0.3, 0.4) is 0 Å². The molecule has 4 heteroatoms.